The van der Waals surface area contributed by atoms with Gasteiger partial charge in [-0.3, -0.25) is 9.59 Å². The number of aliphatic hydroxyl groups excluding tert-OH is 1. The number of carbonyl (C=O) groups excluding carboxylic acids is 2. The maximum absolute atomic E-state index is 12.9. The number of β-amino-alcohol motifs (C(OH)–C–C–N with tert-alkyl or cyclic N) is 1. The number of hydrogen-bond acceptors (Lipinski definition) is 3. The second-order valence-corrected chi connectivity index (χ2v) is 6.54. The minimum Gasteiger partial charge on any atom is -0.389 e. The van der Waals surface area contributed by atoms with Crippen molar-refractivity contribution in [3.05, 3.63) is 35.0 Å². The number of nitrogens with one attached hydrogen (secondary N) is 1. The molecule has 2 aromatic rings. The van der Waals surface area contributed by atoms with E-state index in [0.29, 0.717) is 18.8 Å². The van der Waals surface area contributed by atoms with E-state index in [0.717, 1.165) is 22.0 Å². The van der Waals surface area contributed by atoms with E-state index >= 15 is 0 Å². The highest BCUT2D eigenvalue weighted by Gasteiger charge is 2.28. The lowest BCUT2D eigenvalue weighted by atomic mass is 10.1. The van der Waals surface area contributed by atoms with Crippen molar-refractivity contribution in [2.45, 2.75) is 26.9 Å². The molecule has 1 saturated heterocycles. The number of aromatic nitrogens is 1. The minimum atomic E-state index is -0.729. The van der Waals surface area contributed by atoms with Gasteiger partial charge in [0.05, 0.1) is 6.10 Å². The number of aromatic amines is 1. The number of carbonyl (C=O) groups is 2. The Hall–Kier alpha value is -2.34. The summed E-state index contributed by atoms with van der Waals surface area (Å²) < 4.78 is 0. The Morgan fingerprint density at radius 2 is 1.83 bits per heavy atom. The lowest BCUT2D eigenvalue weighted by Crippen LogP contribution is -2.38. The quantitative estimate of drug-likeness (QED) is 0.831. The Balaban J connectivity index is 1.88. The van der Waals surface area contributed by atoms with E-state index in [-0.39, 0.29) is 24.9 Å². The first kappa shape index (κ1) is 16.5. The van der Waals surface area contributed by atoms with Crippen molar-refractivity contribution < 1.29 is 14.7 Å². The van der Waals surface area contributed by atoms with Crippen LogP contribution in [0.4, 0.5) is 0 Å². The van der Waals surface area contributed by atoms with Crippen LogP contribution in [0.3, 0.4) is 0 Å². The fourth-order valence-corrected chi connectivity index (χ4v) is 3.27. The van der Waals surface area contributed by atoms with Crippen LogP contribution in [-0.4, -0.2) is 64.0 Å². The Morgan fingerprint density at radius 1 is 1.17 bits per heavy atom. The summed E-state index contributed by atoms with van der Waals surface area (Å²) in [4.78, 5) is 30.9. The number of amides is 2. The fourth-order valence-electron chi connectivity index (χ4n) is 3.27. The van der Waals surface area contributed by atoms with Gasteiger partial charge in [0.25, 0.3) is 5.91 Å². The molecule has 0 saturated carbocycles. The van der Waals surface area contributed by atoms with Gasteiger partial charge in [0.1, 0.15) is 5.69 Å². The van der Waals surface area contributed by atoms with Crippen molar-refractivity contribution in [1.82, 2.24) is 14.8 Å². The third-order valence-corrected chi connectivity index (χ3v) is 4.66. The minimum absolute atomic E-state index is 0.0828. The van der Waals surface area contributed by atoms with Crippen LogP contribution in [0.25, 0.3) is 10.9 Å². The van der Waals surface area contributed by atoms with Gasteiger partial charge in [0.15, 0.2) is 0 Å². The van der Waals surface area contributed by atoms with Gasteiger partial charge in [-0.25, -0.2) is 0 Å². The van der Waals surface area contributed by atoms with Crippen LogP contribution in [0.1, 0.15) is 28.5 Å². The van der Waals surface area contributed by atoms with E-state index in [4.69, 9.17) is 0 Å². The number of hydrogen-bond donors (Lipinski definition) is 2. The molecule has 1 atom stereocenters. The van der Waals surface area contributed by atoms with Crippen LogP contribution >= 0.6 is 0 Å². The van der Waals surface area contributed by atoms with Crippen molar-refractivity contribution in [3.63, 3.8) is 0 Å². The van der Waals surface area contributed by atoms with Gasteiger partial charge in [0.2, 0.25) is 5.91 Å². The molecule has 2 heterocycles. The molecule has 1 fully saturated rings. The largest absolute Gasteiger partial charge is 0.389 e. The normalized spacial score (nSPS) is 18.8. The van der Waals surface area contributed by atoms with Crippen LogP contribution in [0.2, 0.25) is 0 Å². The molecule has 6 nitrogen and oxygen atoms in total. The van der Waals surface area contributed by atoms with Gasteiger partial charge in [-0.2, -0.15) is 0 Å². The smallest absolute Gasteiger partial charge is 0.270 e. The zero-order valence-corrected chi connectivity index (χ0v) is 14.3. The molecule has 128 valence electrons. The molecule has 3 rings (SSSR count). The lowest BCUT2D eigenvalue weighted by Gasteiger charge is -2.21. The van der Waals surface area contributed by atoms with Crippen LogP contribution in [0.5, 0.6) is 0 Å². The molecule has 1 aromatic carbocycles. The topological polar surface area (TPSA) is 76.6 Å². The van der Waals surface area contributed by atoms with Crippen LogP contribution in [0, 0.1) is 13.8 Å². The molecular formula is C18H23N3O3. The van der Waals surface area contributed by atoms with Crippen LogP contribution < -0.4 is 0 Å². The Bertz CT molecular complexity index is 796. The highest BCUT2D eigenvalue weighted by atomic mass is 16.3. The Kier molecular flexibility index (Phi) is 4.32. The molecule has 0 unspecified atom stereocenters. The first-order valence-corrected chi connectivity index (χ1v) is 8.18. The summed E-state index contributed by atoms with van der Waals surface area (Å²) in [6.45, 7) is 6.80. The first-order chi connectivity index (χ1) is 11.4. The molecule has 0 spiro atoms. The van der Waals surface area contributed by atoms with E-state index in [9.17, 15) is 14.7 Å². The maximum Gasteiger partial charge on any atom is 0.270 e. The van der Waals surface area contributed by atoms with Gasteiger partial charge in [-0.1, -0.05) is 11.6 Å². The summed E-state index contributed by atoms with van der Waals surface area (Å²) in [5.74, 6) is -0.216. The summed E-state index contributed by atoms with van der Waals surface area (Å²) in [5.41, 5.74) is 3.55. The van der Waals surface area contributed by atoms with E-state index in [1.54, 1.807) is 9.80 Å². The van der Waals surface area contributed by atoms with E-state index < -0.39 is 6.10 Å². The molecule has 24 heavy (non-hydrogen) atoms. The molecule has 2 amide bonds. The second-order valence-electron chi connectivity index (χ2n) is 6.54. The lowest BCUT2D eigenvalue weighted by molar-refractivity contribution is -0.129. The molecule has 0 aliphatic carbocycles. The maximum atomic E-state index is 12.9. The number of H-pyrrole nitrogens is 1. The van der Waals surface area contributed by atoms with Crippen molar-refractivity contribution in [1.29, 1.82) is 0 Å². The first-order valence-electron chi connectivity index (χ1n) is 8.18. The monoisotopic (exact) mass is 329 g/mol. The fraction of sp³-hybridized carbons (Fsp3) is 0.444. The molecule has 0 bridgehead atoms. The van der Waals surface area contributed by atoms with E-state index in [1.165, 1.54) is 6.92 Å². The van der Waals surface area contributed by atoms with Crippen LogP contribution in [0.15, 0.2) is 18.2 Å². The van der Waals surface area contributed by atoms with Crippen molar-refractivity contribution in [2.24, 2.45) is 0 Å². The number of nitrogens with zero attached hydrogens (tertiary/aromatic N) is 2. The van der Waals surface area contributed by atoms with Crippen molar-refractivity contribution in [2.75, 3.05) is 26.2 Å². The Morgan fingerprint density at radius 3 is 2.54 bits per heavy atom. The molecule has 1 aromatic heterocycles. The van der Waals surface area contributed by atoms with Gasteiger partial charge < -0.3 is 19.9 Å². The SMILES string of the molecule is CC(=O)N1CCN(C(=O)c2[nH]c3ccc(C)cc3c2C)C[C@@H](O)C1. The average Bonchev–Trinajstić information content (AvgIpc) is 2.72. The standard InChI is InChI=1S/C18H23N3O3/c1-11-4-5-16-15(8-11)12(2)17(19-16)18(24)21-7-6-20(13(3)22)9-14(23)10-21/h4-5,8,14,19,23H,6-7,9-10H2,1-3H3/t14-/m0/s1. The summed E-state index contributed by atoms with van der Waals surface area (Å²) in [6, 6.07) is 6.04. The zero-order chi connectivity index (χ0) is 17.4. The molecule has 6 heteroatoms. The predicted octanol–water partition coefficient (Wildman–Crippen LogP) is 1.45. The second kappa shape index (κ2) is 6.28. The summed E-state index contributed by atoms with van der Waals surface area (Å²) >= 11 is 0. The van der Waals surface area contributed by atoms with Crippen molar-refractivity contribution in [3.8, 4) is 0 Å². The number of rotatable bonds is 1. The van der Waals surface area contributed by atoms with Crippen LogP contribution in [-0.2, 0) is 4.79 Å². The number of aryl methyl sites for hydroxylation is 2. The van der Waals surface area contributed by atoms with E-state index in [1.807, 2.05) is 26.0 Å². The van der Waals surface area contributed by atoms with Gasteiger partial charge >= 0.3 is 0 Å². The van der Waals surface area contributed by atoms with Gasteiger partial charge in [-0.05, 0) is 31.5 Å². The summed E-state index contributed by atoms with van der Waals surface area (Å²) in [6.07, 6.45) is -0.729. The van der Waals surface area contributed by atoms with Gasteiger partial charge in [0, 0.05) is 44.0 Å². The molecule has 1 aliphatic rings. The summed E-state index contributed by atoms with van der Waals surface area (Å²) in [7, 11) is 0. The zero-order valence-electron chi connectivity index (χ0n) is 14.3. The van der Waals surface area contributed by atoms with E-state index in [2.05, 4.69) is 11.1 Å². The molecular weight excluding hydrogens is 306 g/mol. The van der Waals surface area contributed by atoms with Crippen molar-refractivity contribution >= 4 is 22.7 Å². The van der Waals surface area contributed by atoms with Gasteiger partial charge in [-0.15, -0.1) is 0 Å². The molecule has 0 radical (unpaired) electrons. The molecule has 1 aliphatic heterocycles. The number of benzene rings is 1. The highest BCUT2D eigenvalue weighted by molar-refractivity contribution is 6.01. The molecule has 2 N–H and O–H groups in total. The summed E-state index contributed by atoms with van der Waals surface area (Å²) in [5, 5.41) is 11.2. The Labute approximate surface area is 141 Å². The predicted molar refractivity (Wildman–Crippen MR) is 91.9 cm³/mol. The average molecular weight is 329 g/mol. The third-order valence-electron chi connectivity index (χ3n) is 4.66. The number of aliphatic hydroxyl groups is 1. The highest BCUT2D eigenvalue weighted by Crippen LogP contribution is 2.24. The number of fused-ring (bicyclic) bond motifs is 1. The third kappa shape index (κ3) is 3.01.